The van der Waals surface area contributed by atoms with Crippen LogP contribution in [0.25, 0.3) is 0 Å². The first-order valence-electron chi connectivity index (χ1n) is 6.58. The van der Waals surface area contributed by atoms with Gasteiger partial charge in [0, 0.05) is 18.1 Å². The summed E-state index contributed by atoms with van der Waals surface area (Å²) in [6, 6.07) is 0.683. The molecule has 1 heterocycles. The Morgan fingerprint density at radius 1 is 1.33 bits per heavy atom. The summed E-state index contributed by atoms with van der Waals surface area (Å²) in [4.78, 5) is 2.66. The van der Waals surface area contributed by atoms with E-state index < -0.39 is 0 Å². The van der Waals surface area contributed by atoms with E-state index in [-0.39, 0.29) is 0 Å². The normalized spacial score (nSPS) is 23.2. The molecule has 1 N–H and O–H groups in total. The summed E-state index contributed by atoms with van der Waals surface area (Å²) in [5, 5.41) is 3.64. The molecule has 0 bridgehead atoms. The lowest BCUT2D eigenvalue weighted by molar-refractivity contribution is 0.155. The lowest BCUT2D eigenvalue weighted by Gasteiger charge is -2.34. The molecule has 0 spiro atoms. The molecule has 0 aromatic heterocycles. The Kier molecular flexibility index (Phi) is 5.07. The Bertz CT molecular complexity index is 177. The van der Waals surface area contributed by atoms with E-state index >= 15 is 0 Å². The molecule has 2 heteroatoms. The largest absolute Gasteiger partial charge is 0.313 e. The number of nitrogens with one attached hydrogen (secondary N) is 1. The quantitative estimate of drug-likeness (QED) is 0.728. The van der Waals surface area contributed by atoms with E-state index in [2.05, 4.69) is 37.9 Å². The van der Waals surface area contributed by atoms with Gasteiger partial charge >= 0.3 is 0 Å². The fourth-order valence-electron chi connectivity index (χ4n) is 2.45. The molecule has 0 aliphatic carbocycles. The molecule has 1 unspecified atom stereocenters. The fraction of sp³-hybridized carbons (Fsp3) is 1.00. The third kappa shape index (κ3) is 3.76. The van der Waals surface area contributed by atoms with E-state index in [0.717, 1.165) is 6.54 Å². The molecule has 1 atom stereocenters. The van der Waals surface area contributed by atoms with Gasteiger partial charge in [-0.1, -0.05) is 13.8 Å². The Hall–Kier alpha value is -0.0800. The van der Waals surface area contributed by atoms with Crippen molar-refractivity contribution in [3.8, 4) is 0 Å². The first-order valence-corrected chi connectivity index (χ1v) is 6.58. The van der Waals surface area contributed by atoms with Crippen LogP contribution in [-0.4, -0.2) is 36.1 Å². The van der Waals surface area contributed by atoms with Crippen LogP contribution in [0, 0.1) is 0 Å². The van der Waals surface area contributed by atoms with Crippen LogP contribution in [0.5, 0.6) is 0 Å². The van der Waals surface area contributed by atoms with Crippen molar-refractivity contribution >= 4 is 0 Å². The number of hydrogen-bond donors (Lipinski definition) is 1. The Morgan fingerprint density at radius 2 is 2.07 bits per heavy atom. The van der Waals surface area contributed by atoms with Crippen molar-refractivity contribution in [1.29, 1.82) is 0 Å². The molecule has 1 aliphatic rings. The van der Waals surface area contributed by atoms with Gasteiger partial charge in [-0.05, 0) is 52.6 Å². The molecule has 15 heavy (non-hydrogen) atoms. The monoisotopic (exact) mass is 212 g/mol. The molecule has 0 aromatic rings. The maximum Gasteiger partial charge on any atom is 0.0192 e. The van der Waals surface area contributed by atoms with Gasteiger partial charge in [0.25, 0.3) is 0 Å². The van der Waals surface area contributed by atoms with Gasteiger partial charge in [0.05, 0.1) is 0 Å². The van der Waals surface area contributed by atoms with Gasteiger partial charge in [-0.2, -0.15) is 0 Å². The predicted octanol–water partition coefficient (Wildman–Crippen LogP) is 2.64. The molecule has 1 aliphatic heterocycles. The zero-order chi connectivity index (χ0) is 11.3. The van der Waals surface area contributed by atoms with E-state index in [4.69, 9.17) is 0 Å². The highest BCUT2D eigenvalue weighted by Crippen LogP contribution is 2.28. The molecule has 2 nitrogen and oxygen atoms in total. The minimum absolute atomic E-state index is 0.432. The summed E-state index contributed by atoms with van der Waals surface area (Å²) >= 11 is 0. The Balaban J connectivity index is 2.37. The maximum atomic E-state index is 3.64. The predicted molar refractivity (Wildman–Crippen MR) is 67.3 cm³/mol. The highest BCUT2D eigenvalue weighted by Gasteiger charge is 2.32. The topological polar surface area (TPSA) is 15.3 Å². The van der Waals surface area contributed by atoms with Crippen molar-refractivity contribution in [2.75, 3.05) is 19.6 Å². The lowest BCUT2D eigenvalue weighted by Crippen LogP contribution is -2.47. The first-order chi connectivity index (χ1) is 7.10. The Morgan fingerprint density at radius 3 is 2.53 bits per heavy atom. The standard InChI is InChI=1S/C13H28N2/c1-5-9-14-12(6-2)11-15-10-7-8-13(15,3)4/h12,14H,5-11H2,1-4H3. The van der Waals surface area contributed by atoms with Crippen molar-refractivity contribution in [2.24, 2.45) is 0 Å². The van der Waals surface area contributed by atoms with Crippen LogP contribution in [-0.2, 0) is 0 Å². The van der Waals surface area contributed by atoms with Crippen LogP contribution in [0.3, 0.4) is 0 Å². The molecule has 1 saturated heterocycles. The molecular formula is C13H28N2. The third-order valence-electron chi connectivity index (χ3n) is 3.69. The average Bonchev–Trinajstić information content (AvgIpc) is 2.52. The van der Waals surface area contributed by atoms with Crippen LogP contribution >= 0.6 is 0 Å². The fourth-order valence-corrected chi connectivity index (χ4v) is 2.45. The number of likely N-dealkylation sites (tertiary alicyclic amines) is 1. The van der Waals surface area contributed by atoms with E-state index in [0.29, 0.717) is 11.6 Å². The van der Waals surface area contributed by atoms with Crippen molar-refractivity contribution in [1.82, 2.24) is 10.2 Å². The zero-order valence-corrected chi connectivity index (χ0v) is 11.0. The first kappa shape index (κ1) is 13.0. The van der Waals surface area contributed by atoms with Gasteiger partial charge in [-0.25, -0.2) is 0 Å². The summed E-state index contributed by atoms with van der Waals surface area (Å²) in [7, 11) is 0. The summed E-state index contributed by atoms with van der Waals surface area (Å²) < 4.78 is 0. The van der Waals surface area contributed by atoms with Crippen LogP contribution in [0.15, 0.2) is 0 Å². The molecule has 1 fully saturated rings. The Labute approximate surface area is 95.4 Å². The second-order valence-corrected chi connectivity index (χ2v) is 5.42. The lowest BCUT2D eigenvalue weighted by atomic mass is 10.0. The smallest absolute Gasteiger partial charge is 0.0192 e. The second-order valence-electron chi connectivity index (χ2n) is 5.42. The van der Waals surface area contributed by atoms with Gasteiger partial charge in [0.15, 0.2) is 0 Å². The maximum absolute atomic E-state index is 3.64. The second kappa shape index (κ2) is 5.86. The minimum atomic E-state index is 0.432. The van der Waals surface area contributed by atoms with E-state index in [1.54, 1.807) is 0 Å². The number of rotatable bonds is 6. The van der Waals surface area contributed by atoms with E-state index in [1.807, 2.05) is 0 Å². The zero-order valence-electron chi connectivity index (χ0n) is 11.0. The summed E-state index contributed by atoms with van der Waals surface area (Å²) in [6.07, 6.45) is 5.21. The number of nitrogens with zero attached hydrogens (tertiary/aromatic N) is 1. The van der Waals surface area contributed by atoms with Crippen LogP contribution in [0.2, 0.25) is 0 Å². The van der Waals surface area contributed by atoms with Crippen molar-refractivity contribution in [3.05, 3.63) is 0 Å². The summed E-state index contributed by atoms with van der Waals surface area (Å²) in [6.45, 7) is 13.0. The van der Waals surface area contributed by atoms with Gasteiger partial charge < -0.3 is 5.32 Å². The molecule has 1 rings (SSSR count). The van der Waals surface area contributed by atoms with Crippen molar-refractivity contribution in [3.63, 3.8) is 0 Å². The minimum Gasteiger partial charge on any atom is -0.313 e. The SMILES string of the molecule is CCCNC(CC)CN1CCCC1(C)C. The molecule has 0 amide bonds. The van der Waals surface area contributed by atoms with Crippen LogP contribution in [0.1, 0.15) is 53.4 Å². The van der Waals surface area contributed by atoms with E-state index in [9.17, 15) is 0 Å². The van der Waals surface area contributed by atoms with Gasteiger partial charge in [0.1, 0.15) is 0 Å². The average molecular weight is 212 g/mol. The summed E-state index contributed by atoms with van der Waals surface area (Å²) in [5.41, 5.74) is 0.432. The van der Waals surface area contributed by atoms with Crippen molar-refractivity contribution < 1.29 is 0 Å². The molecule has 90 valence electrons. The highest BCUT2D eigenvalue weighted by molar-refractivity contribution is 4.89. The van der Waals surface area contributed by atoms with Crippen LogP contribution < -0.4 is 5.32 Å². The molecule has 0 saturated carbocycles. The van der Waals surface area contributed by atoms with Gasteiger partial charge in [0.2, 0.25) is 0 Å². The summed E-state index contributed by atoms with van der Waals surface area (Å²) in [5.74, 6) is 0. The number of hydrogen-bond acceptors (Lipinski definition) is 2. The van der Waals surface area contributed by atoms with Gasteiger partial charge in [-0.3, -0.25) is 4.90 Å². The van der Waals surface area contributed by atoms with E-state index in [1.165, 1.54) is 38.8 Å². The molecular weight excluding hydrogens is 184 g/mol. The molecule has 0 radical (unpaired) electrons. The molecule has 0 aromatic carbocycles. The highest BCUT2D eigenvalue weighted by atomic mass is 15.2. The van der Waals surface area contributed by atoms with Crippen LogP contribution in [0.4, 0.5) is 0 Å². The van der Waals surface area contributed by atoms with Gasteiger partial charge in [-0.15, -0.1) is 0 Å². The third-order valence-corrected chi connectivity index (χ3v) is 3.69. The van der Waals surface area contributed by atoms with Crippen molar-refractivity contribution in [2.45, 2.75) is 65.0 Å².